The third kappa shape index (κ3) is 13.1. The number of nitrogens with zero attached hydrogens (tertiary/aromatic N) is 2. The van der Waals surface area contributed by atoms with Crippen LogP contribution in [0.15, 0.2) is 81.3 Å². The molecule has 0 spiro atoms. The maximum absolute atomic E-state index is 12.5. The van der Waals surface area contributed by atoms with Gasteiger partial charge in [0, 0.05) is 23.8 Å². The van der Waals surface area contributed by atoms with Crippen molar-refractivity contribution in [2.24, 2.45) is 0 Å². The SMILES string of the molecule is CC.CC.CC.CC.CC1(C)C[N-]c2cc(NC(=O)c3c[nH]c4ccsc4c3=O)ccc21.CC1(C)C[N-]c2cc(NC(=O)c3c[nH]c4sccc4c3=O)ccc21.[CH3-].[CH3-].[W+2].[W+2]. The van der Waals surface area contributed by atoms with Crippen LogP contribution in [0.25, 0.3) is 31.1 Å². The molecule has 10 nitrogen and oxygen atoms in total. The van der Waals surface area contributed by atoms with Crippen molar-refractivity contribution in [1.29, 1.82) is 0 Å². The van der Waals surface area contributed by atoms with Crippen LogP contribution < -0.4 is 21.5 Å². The van der Waals surface area contributed by atoms with Crippen LogP contribution in [-0.4, -0.2) is 34.9 Å². The molecule has 0 unspecified atom stereocenters. The van der Waals surface area contributed by atoms with Gasteiger partial charge in [-0.2, -0.15) is 0 Å². The van der Waals surface area contributed by atoms with E-state index in [-0.39, 0.29) is 89.8 Å². The molecule has 6 aromatic rings. The van der Waals surface area contributed by atoms with Gasteiger partial charge in [0.15, 0.2) is 0 Å². The minimum atomic E-state index is -0.415. The van der Waals surface area contributed by atoms with Crippen LogP contribution in [0.4, 0.5) is 22.7 Å². The molecule has 2 aliphatic rings. The van der Waals surface area contributed by atoms with Crippen LogP contribution >= 0.6 is 22.7 Å². The molecule has 0 atom stereocenters. The Kier molecular flexibility index (Phi) is 25.7. The topological polar surface area (TPSA) is 152 Å². The number of carbonyl (C=O) groups is 2. The smallest absolute Gasteiger partial charge is 0.683 e. The third-order valence-electron chi connectivity index (χ3n) is 8.74. The van der Waals surface area contributed by atoms with Gasteiger partial charge >= 0.3 is 42.1 Å². The summed E-state index contributed by atoms with van der Waals surface area (Å²) in [5.41, 5.74) is 5.98. The molecule has 324 valence electrons. The van der Waals surface area contributed by atoms with E-state index in [0.717, 1.165) is 34.8 Å². The summed E-state index contributed by atoms with van der Waals surface area (Å²) in [7, 11) is 0. The van der Waals surface area contributed by atoms with Gasteiger partial charge in [-0.25, -0.2) is 0 Å². The summed E-state index contributed by atoms with van der Waals surface area (Å²) in [5, 5.41) is 18.8. The average molecular weight is 1190 g/mol. The average Bonchev–Trinajstić information content (AvgIpc) is 4.02. The first-order chi connectivity index (χ1) is 26.9. The van der Waals surface area contributed by atoms with Gasteiger partial charge in [0.1, 0.15) is 16.0 Å². The number of thiophene rings is 2. The predicted octanol–water partition coefficient (Wildman–Crippen LogP) is 13.3. The Morgan fingerprint density at radius 3 is 1.53 bits per heavy atom. The van der Waals surface area contributed by atoms with Gasteiger partial charge in [-0.3, -0.25) is 19.2 Å². The zero-order valence-electron chi connectivity index (χ0n) is 37.5. The fraction of sp³-hybridized carbons (Fsp3) is 0.348. The molecule has 60 heavy (non-hydrogen) atoms. The van der Waals surface area contributed by atoms with Crippen LogP contribution in [-0.2, 0) is 53.0 Å². The number of hydrogen-bond acceptors (Lipinski definition) is 6. The van der Waals surface area contributed by atoms with E-state index in [2.05, 4.69) is 58.9 Å². The number of amides is 2. The molecule has 0 bridgehead atoms. The Morgan fingerprint density at radius 2 is 1.05 bits per heavy atom. The summed E-state index contributed by atoms with van der Waals surface area (Å²) < 4.78 is 0.563. The molecule has 0 saturated heterocycles. The van der Waals surface area contributed by atoms with Crippen molar-refractivity contribution in [2.45, 2.75) is 93.9 Å². The number of H-pyrrole nitrogens is 2. The van der Waals surface area contributed by atoms with E-state index in [4.69, 9.17) is 0 Å². The van der Waals surface area contributed by atoms with Crippen LogP contribution in [0.3, 0.4) is 0 Å². The number of carbonyl (C=O) groups excluding carboxylic acids is 2. The summed E-state index contributed by atoms with van der Waals surface area (Å²) in [6.45, 7) is 26.1. The van der Waals surface area contributed by atoms with Gasteiger partial charge in [0.25, 0.3) is 11.8 Å². The van der Waals surface area contributed by atoms with Crippen molar-refractivity contribution in [3.05, 3.63) is 140 Å². The zero-order chi connectivity index (χ0) is 41.8. The fourth-order valence-corrected chi connectivity index (χ4v) is 7.55. The predicted molar refractivity (Wildman–Crippen MR) is 254 cm³/mol. The van der Waals surface area contributed by atoms with Crippen molar-refractivity contribution >= 4 is 77.7 Å². The van der Waals surface area contributed by atoms with Gasteiger partial charge in [0.2, 0.25) is 10.9 Å². The molecule has 0 saturated carbocycles. The summed E-state index contributed by atoms with van der Waals surface area (Å²) in [6.07, 6.45) is 2.94. The van der Waals surface area contributed by atoms with Crippen molar-refractivity contribution in [2.75, 3.05) is 23.7 Å². The van der Waals surface area contributed by atoms with Crippen molar-refractivity contribution in [1.82, 2.24) is 9.97 Å². The molecule has 0 fully saturated rings. The second kappa shape index (κ2) is 26.5. The zero-order valence-corrected chi connectivity index (χ0v) is 45.0. The quantitative estimate of drug-likeness (QED) is 0.130. The van der Waals surface area contributed by atoms with Crippen LogP contribution in [0.1, 0.15) is 115 Å². The molecule has 4 N–H and O–H groups in total. The standard InChI is InChI=1S/2C18H16N3O2S.4C2H6.2CH3.2W/c1-18(2)9-20-14-7-10(3-4-12(14)18)21-17(23)11-8-19-13-5-6-24-16(13)15(11)22;1-18(2)9-20-14-7-10(3-4-13(14)18)21-16(23)12-8-19-17-11(15(12)22)5-6-24-17;4*1-2;;;;/h2*3-8H,9H2,1-2H3,(H2,19,21,22,23);4*1-2H3;2*1H3;;/q2*-1;;;;;2*-1;2*+2. The Labute approximate surface area is 394 Å². The molecular formula is C46H62N6O4S2W2. The molecule has 0 aliphatic carbocycles. The summed E-state index contributed by atoms with van der Waals surface area (Å²) in [5.74, 6) is -0.828. The summed E-state index contributed by atoms with van der Waals surface area (Å²) in [6, 6.07) is 15.0. The van der Waals surface area contributed by atoms with E-state index in [1.807, 2.05) is 109 Å². The molecule has 0 radical (unpaired) electrons. The number of rotatable bonds is 4. The molecule has 8 rings (SSSR count). The summed E-state index contributed by atoms with van der Waals surface area (Å²) >= 11 is 2.77. The largest absolute Gasteiger partial charge is 2.00 e. The van der Waals surface area contributed by atoms with E-state index in [9.17, 15) is 19.2 Å². The van der Waals surface area contributed by atoms with E-state index in [1.165, 1.54) is 46.2 Å². The maximum atomic E-state index is 12.5. The molecule has 4 aromatic heterocycles. The van der Waals surface area contributed by atoms with E-state index < -0.39 is 11.8 Å². The molecule has 2 aliphatic heterocycles. The molecule has 2 aromatic carbocycles. The number of aromatic amines is 2. The number of fused-ring (bicyclic) bond motifs is 4. The van der Waals surface area contributed by atoms with Gasteiger partial charge in [-0.1, -0.05) is 118 Å². The number of pyridine rings is 2. The van der Waals surface area contributed by atoms with Gasteiger partial charge < -0.3 is 46.1 Å². The minimum Gasteiger partial charge on any atom is -0.683 e. The number of hydrogen-bond donors (Lipinski definition) is 4. The first kappa shape index (κ1) is 58.3. The fourth-order valence-electron chi connectivity index (χ4n) is 5.98. The Morgan fingerprint density at radius 1 is 0.617 bits per heavy atom. The molecule has 6 heterocycles. The third-order valence-corrected chi connectivity index (χ3v) is 10.5. The van der Waals surface area contributed by atoms with E-state index in [1.54, 1.807) is 6.07 Å². The second-order valence-electron chi connectivity index (χ2n) is 13.2. The number of aromatic nitrogens is 2. The molecule has 14 heteroatoms. The number of benzene rings is 2. The Hall–Kier alpha value is -3.82. The van der Waals surface area contributed by atoms with Crippen molar-refractivity contribution in [3.63, 3.8) is 0 Å². The van der Waals surface area contributed by atoms with Gasteiger partial charge in [-0.15, -0.1) is 47.1 Å². The molecule has 2 amide bonds. The van der Waals surface area contributed by atoms with Crippen molar-refractivity contribution < 1.29 is 51.7 Å². The minimum absolute atomic E-state index is 0. The van der Waals surface area contributed by atoms with Crippen molar-refractivity contribution in [3.8, 4) is 0 Å². The normalized spacial score (nSPS) is 12.5. The van der Waals surface area contributed by atoms with E-state index in [0.29, 0.717) is 21.5 Å². The second-order valence-corrected chi connectivity index (χ2v) is 15.0. The maximum Gasteiger partial charge on any atom is 2.00 e. The first-order valence-corrected chi connectivity index (χ1v) is 21.1. The van der Waals surface area contributed by atoms with Crippen LogP contribution in [0, 0.1) is 14.9 Å². The van der Waals surface area contributed by atoms with E-state index >= 15 is 0 Å². The monoisotopic (exact) mass is 1190 g/mol. The summed E-state index contributed by atoms with van der Waals surface area (Å²) in [4.78, 5) is 56.5. The van der Waals surface area contributed by atoms with Crippen LogP contribution in [0.2, 0.25) is 0 Å². The first-order valence-electron chi connectivity index (χ1n) is 19.4. The Balaban J connectivity index is 0. The Bertz CT molecular complexity index is 2210. The van der Waals surface area contributed by atoms with Crippen LogP contribution in [0.5, 0.6) is 0 Å². The molecular weight excluding hydrogens is 1130 g/mol. The number of anilines is 2. The van der Waals surface area contributed by atoms with Gasteiger partial charge in [-0.05, 0) is 45.9 Å². The number of nitrogens with one attached hydrogen (secondary N) is 4. The van der Waals surface area contributed by atoms with Gasteiger partial charge in [0.05, 0.1) is 15.6 Å².